The van der Waals surface area contributed by atoms with E-state index >= 15 is 0 Å². The molecule has 2 N–H and O–H groups in total. The van der Waals surface area contributed by atoms with Crippen molar-refractivity contribution in [1.29, 1.82) is 0 Å². The Kier molecular flexibility index (Phi) is 6.58. The van der Waals surface area contributed by atoms with Crippen molar-refractivity contribution in [2.75, 3.05) is 20.2 Å². The Bertz CT molecular complexity index is 1290. The predicted molar refractivity (Wildman–Crippen MR) is 123 cm³/mol. The Morgan fingerprint density at radius 3 is 2.52 bits per heavy atom. The topological polar surface area (TPSA) is 114 Å². The van der Waals surface area contributed by atoms with Crippen molar-refractivity contribution in [2.45, 2.75) is 31.8 Å². The number of aromatic amines is 1. The largest absolute Gasteiger partial charge is 0.496 e. The second-order valence-corrected chi connectivity index (χ2v) is 8.08. The summed E-state index contributed by atoms with van der Waals surface area (Å²) in [6.07, 6.45) is 1.47. The summed E-state index contributed by atoms with van der Waals surface area (Å²) in [5.74, 6) is 0.294. The molecule has 2 amide bonds. The van der Waals surface area contributed by atoms with E-state index in [4.69, 9.17) is 4.74 Å². The number of hydrogen-bond donors (Lipinski definition) is 2. The molecule has 1 aliphatic heterocycles. The lowest BCUT2D eigenvalue weighted by Gasteiger charge is -2.32. The van der Waals surface area contributed by atoms with Crippen molar-refractivity contribution in [3.05, 3.63) is 74.9 Å². The van der Waals surface area contributed by atoms with Crippen LogP contribution in [0, 0.1) is 0 Å². The number of aromatic nitrogens is 2. The van der Waals surface area contributed by atoms with Gasteiger partial charge in [0.15, 0.2) is 0 Å². The number of benzene rings is 2. The van der Waals surface area contributed by atoms with E-state index in [1.807, 2.05) is 24.3 Å². The molecule has 0 unspecified atom stereocenters. The van der Waals surface area contributed by atoms with Gasteiger partial charge >= 0.3 is 5.69 Å². The highest BCUT2D eigenvalue weighted by Crippen LogP contribution is 2.20. The van der Waals surface area contributed by atoms with E-state index in [2.05, 4.69) is 10.3 Å². The maximum absolute atomic E-state index is 12.7. The molecule has 0 atom stereocenters. The van der Waals surface area contributed by atoms with Crippen molar-refractivity contribution >= 4 is 22.7 Å². The Balaban J connectivity index is 1.33. The molecule has 0 aliphatic carbocycles. The Labute approximate surface area is 190 Å². The molecule has 9 heteroatoms. The Morgan fingerprint density at radius 1 is 1.06 bits per heavy atom. The van der Waals surface area contributed by atoms with Gasteiger partial charge in [-0.15, -0.1) is 0 Å². The summed E-state index contributed by atoms with van der Waals surface area (Å²) in [5, 5.41) is 3.24. The van der Waals surface area contributed by atoms with E-state index in [1.54, 1.807) is 36.3 Å². The van der Waals surface area contributed by atoms with Crippen molar-refractivity contribution in [1.82, 2.24) is 19.8 Å². The molecule has 9 nitrogen and oxygen atoms in total. The highest BCUT2D eigenvalue weighted by Gasteiger charge is 2.25. The molecule has 1 saturated heterocycles. The number of fused-ring (bicyclic) bond motifs is 1. The number of amides is 2. The Morgan fingerprint density at radius 2 is 1.76 bits per heavy atom. The molecule has 2 heterocycles. The molecule has 0 radical (unpaired) electrons. The van der Waals surface area contributed by atoms with E-state index in [-0.39, 0.29) is 24.9 Å². The number of nitrogens with zero attached hydrogens (tertiary/aromatic N) is 2. The monoisotopic (exact) mass is 450 g/mol. The molecule has 4 rings (SSSR count). The van der Waals surface area contributed by atoms with E-state index in [0.29, 0.717) is 42.6 Å². The minimum absolute atomic E-state index is 0.0125. The first-order valence-corrected chi connectivity index (χ1v) is 10.9. The zero-order valence-electron chi connectivity index (χ0n) is 18.4. The van der Waals surface area contributed by atoms with Crippen LogP contribution in [0.5, 0.6) is 5.75 Å². The first kappa shape index (κ1) is 22.3. The van der Waals surface area contributed by atoms with Crippen molar-refractivity contribution < 1.29 is 14.3 Å². The number of H-pyrrole nitrogens is 1. The fraction of sp³-hybridized carbons (Fsp3) is 0.333. The first-order chi connectivity index (χ1) is 16.0. The predicted octanol–water partition coefficient (Wildman–Crippen LogP) is 1.05. The highest BCUT2D eigenvalue weighted by atomic mass is 16.5. The smallest absolute Gasteiger partial charge is 0.329 e. The average molecular weight is 450 g/mol. The molecule has 3 aromatic rings. The van der Waals surface area contributed by atoms with Gasteiger partial charge in [0.25, 0.3) is 5.56 Å². The van der Waals surface area contributed by atoms with Crippen molar-refractivity contribution in [3.63, 3.8) is 0 Å². The molecule has 0 spiro atoms. The molecule has 0 bridgehead atoms. The van der Waals surface area contributed by atoms with Crippen LogP contribution in [0.4, 0.5) is 0 Å². The van der Waals surface area contributed by atoms with Gasteiger partial charge in [-0.05, 0) is 31.0 Å². The van der Waals surface area contributed by atoms with Gasteiger partial charge in [-0.2, -0.15) is 0 Å². The van der Waals surface area contributed by atoms with Crippen LogP contribution in [0.15, 0.2) is 58.1 Å². The zero-order chi connectivity index (χ0) is 23.4. The number of piperidine rings is 1. The van der Waals surface area contributed by atoms with Crippen LogP contribution in [0.1, 0.15) is 18.4 Å². The molecular weight excluding hydrogens is 424 g/mol. The second kappa shape index (κ2) is 9.72. The third-order valence-electron chi connectivity index (χ3n) is 5.94. The van der Waals surface area contributed by atoms with Gasteiger partial charge in [0.2, 0.25) is 11.8 Å². The zero-order valence-corrected chi connectivity index (χ0v) is 18.4. The fourth-order valence-corrected chi connectivity index (χ4v) is 4.16. The SMILES string of the molecule is COc1ccccc1CC(=O)N1CCC(NC(=O)Cn2c(=O)[nH]c3ccccc3c2=O)CC1. The maximum atomic E-state index is 12.7. The number of methoxy groups -OCH3 is 1. The Hall–Kier alpha value is -3.88. The van der Waals surface area contributed by atoms with Crippen molar-refractivity contribution in [2.24, 2.45) is 0 Å². The second-order valence-electron chi connectivity index (χ2n) is 8.08. The lowest BCUT2D eigenvalue weighted by Crippen LogP contribution is -2.49. The number of hydrogen-bond acceptors (Lipinski definition) is 5. The summed E-state index contributed by atoms with van der Waals surface area (Å²) >= 11 is 0. The van der Waals surface area contributed by atoms with Crippen LogP contribution < -0.4 is 21.3 Å². The third kappa shape index (κ3) is 4.97. The third-order valence-corrected chi connectivity index (χ3v) is 5.94. The number of carbonyl (C=O) groups excluding carboxylic acids is 2. The molecule has 33 heavy (non-hydrogen) atoms. The van der Waals surface area contributed by atoms with Gasteiger partial charge in [-0.3, -0.25) is 19.0 Å². The van der Waals surface area contributed by atoms with Gasteiger partial charge in [0.1, 0.15) is 12.3 Å². The van der Waals surface area contributed by atoms with Gasteiger partial charge in [0, 0.05) is 24.7 Å². The standard InChI is InChI=1S/C24H26N4O5/c1-33-20-9-5-2-6-16(20)14-22(30)27-12-10-17(11-13-27)25-21(29)15-28-23(31)18-7-3-4-8-19(18)26-24(28)32/h2-9,17H,10-15H2,1H3,(H,25,29)(H,26,32). The molecule has 2 aromatic carbocycles. The molecule has 1 fully saturated rings. The quantitative estimate of drug-likeness (QED) is 0.583. The van der Waals surface area contributed by atoms with Crippen LogP contribution >= 0.6 is 0 Å². The van der Waals surface area contributed by atoms with Crippen LogP contribution in [-0.2, 0) is 22.6 Å². The number of ether oxygens (including phenoxy) is 1. The number of likely N-dealkylation sites (tertiary alicyclic amines) is 1. The minimum atomic E-state index is -0.620. The first-order valence-electron chi connectivity index (χ1n) is 10.9. The van der Waals surface area contributed by atoms with E-state index < -0.39 is 17.2 Å². The van der Waals surface area contributed by atoms with Gasteiger partial charge < -0.3 is 19.9 Å². The van der Waals surface area contributed by atoms with Crippen LogP contribution in [0.3, 0.4) is 0 Å². The lowest BCUT2D eigenvalue weighted by molar-refractivity contribution is -0.131. The van der Waals surface area contributed by atoms with Gasteiger partial charge in [-0.25, -0.2) is 4.79 Å². The molecular formula is C24H26N4O5. The van der Waals surface area contributed by atoms with Crippen LogP contribution in [0.25, 0.3) is 10.9 Å². The summed E-state index contributed by atoms with van der Waals surface area (Å²) in [6.45, 7) is 0.691. The average Bonchev–Trinajstić information content (AvgIpc) is 2.82. The normalized spacial score (nSPS) is 14.3. The highest BCUT2D eigenvalue weighted by molar-refractivity contribution is 5.80. The summed E-state index contributed by atoms with van der Waals surface area (Å²) in [6, 6.07) is 14.0. The maximum Gasteiger partial charge on any atom is 0.329 e. The van der Waals surface area contributed by atoms with Crippen LogP contribution in [0.2, 0.25) is 0 Å². The summed E-state index contributed by atoms with van der Waals surface area (Å²) in [7, 11) is 1.58. The summed E-state index contributed by atoms with van der Waals surface area (Å²) in [4.78, 5) is 54.5. The lowest BCUT2D eigenvalue weighted by atomic mass is 10.0. The molecule has 1 aromatic heterocycles. The number of para-hydroxylation sites is 2. The molecule has 0 saturated carbocycles. The van der Waals surface area contributed by atoms with Gasteiger partial charge in [0.05, 0.1) is 24.4 Å². The number of carbonyl (C=O) groups is 2. The van der Waals surface area contributed by atoms with E-state index in [0.717, 1.165) is 10.1 Å². The molecule has 172 valence electrons. The molecule has 1 aliphatic rings. The van der Waals surface area contributed by atoms with E-state index in [1.165, 1.54) is 0 Å². The van der Waals surface area contributed by atoms with Crippen LogP contribution in [-0.4, -0.2) is 52.5 Å². The fourth-order valence-electron chi connectivity index (χ4n) is 4.16. The minimum Gasteiger partial charge on any atom is -0.496 e. The van der Waals surface area contributed by atoms with Crippen molar-refractivity contribution in [3.8, 4) is 5.75 Å². The number of nitrogens with one attached hydrogen (secondary N) is 2. The number of rotatable bonds is 6. The van der Waals surface area contributed by atoms with E-state index in [9.17, 15) is 19.2 Å². The summed E-state index contributed by atoms with van der Waals surface area (Å²) in [5.41, 5.74) is 0.160. The summed E-state index contributed by atoms with van der Waals surface area (Å²) < 4.78 is 6.22. The van der Waals surface area contributed by atoms with Gasteiger partial charge in [-0.1, -0.05) is 30.3 Å².